The summed E-state index contributed by atoms with van der Waals surface area (Å²) in [4.78, 5) is 16.3. The van der Waals surface area contributed by atoms with Crippen LogP contribution in [0.2, 0.25) is 0 Å². The Bertz CT molecular complexity index is 856. The third kappa shape index (κ3) is 4.22. The van der Waals surface area contributed by atoms with Crippen molar-refractivity contribution >= 4 is 6.16 Å². The van der Waals surface area contributed by atoms with E-state index in [1.54, 1.807) is 19.2 Å². The second-order valence-electron chi connectivity index (χ2n) is 5.46. The maximum atomic E-state index is 11.9. The molecule has 3 rings (SSSR count). The van der Waals surface area contributed by atoms with Crippen LogP contribution in [0.5, 0.6) is 11.7 Å². The Hall–Kier alpha value is -3.28. The monoisotopic (exact) mass is 353 g/mol. The van der Waals surface area contributed by atoms with E-state index in [1.807, 2.05) is 49.4 Å². The first-order valence-electron chi connectivity index (χ1n) is 8.22. The summed E-state index contributed by atoms with van der Waals surface area (Å²) in [5.74, 6) is 1.16. The Morgan fingerprint density at radius 2 is 1.81 bits per heavy atom. The quantitative estimate of drug-likeness (QED) is 0.602. The van der Waals surface area contributed by atoms with Crippen molar-refractivity contribution in [1.82, 2.24) is 4.98 Å². The third-order valence-corrected chi connectivity index (χ3v) is 3.71. The van der Waals surface area contributed by atoms with Crippen molar-refractivity contribution in [2.45, 2.75) is 20.0 Å². The lowest BCUT2D eigenvalue weighted by Gasteiger charge is -2.04. The summed E-state index contributed by atoms with van der Waals surface area (Å²) in [6.45, 7) is 2.03. The molecule has 26 heavy (non-hydrogen) atoms. The fourth-order valence-electron chi connectivity index (χ4n) is 2.32. The normalized spacial score (nSPS) is 10.4. The Morgan fingerprint density at radius 1 is 1.08 bits per heavy atom. The van der Waals surface area contributed by atoms with E-state index < -0.39 is 6.16 Å². The van der Waals surface area contributed by atoms with Gasteiger partial charge in [-0.25, -0.2) is 9.78 Å². The van der Waals surface area contributed by atoms with Gasteiger partial charge >= 0.3 is 12.1 Å². The van der Waals surface area contributed by atoms with Gasteiger partial charge in [0.2, 0.25) is 5.89 Å². The predicted molar refractivity (Wildman–Crippen MR) is 95.1 cm³/mol. The minimum absolute atomic E-state index is 0.0522. The molecule has 0 fully saturated rings. The van der Waals surface area contributed by atoms with Gasteiger partial charge < -0.3 is 18.6 Å². The number of rotatable bonds is 6. The summed E-state index contributed by atoms with van der Waals surface area (Å²) in [7, 11) is 1.60. The molecular formula is C20H19NO5. The molecule has 0 N–H and O–H groups in total. The van der Waals surface area contributed by atoms with Crippen LogP contribution >= 0.6 is 0 Å². The molecule has 1 aromatic heterocycles. The third-order valence-electron chi connectivity index (χ3n) is 3.71. The van der Waals surface area contributed by atoms with Crippen molar-refractivity contribution in [3.8, 4) is 23.1 Å². The number of hydrogen-bond donors (Lipinski definition) is 0. The summed E-state index contributed by atoms with van der Waals surface area (Å²) >= 11 is 0. The molecule has 0 atom stereocenters. The molecule has 0 saturated heterocycles. The van der Waals surface area contributed by atoms with Gasteiger partial charge in [-0.05, 0) is 36.2 Å². The highest BCUT2D eigenvalue weighted by atomic mass is 16.8. The van der Waals surface area contributed by atoms with Crippen molar-refractivity contribution in [2.75, 3.05) is 7.11 Å². The van der Waals surface area contributed by atoms with Gasteiger partial charge in [0.15, 0.2) is 0 Å². The SMILES string of the molecule is CCc1nc(-c2ccc(OC)cc2)oc1OC(=O)OCc1ccccc1. The first-order chi connectivity index (χ1) is 12.7. The van der Waals surface area contributed by atoms with Crippen LogP contribution in [0.4, 0.5) is 4.79 Å². The molecule has 0 radical (unpaired) electrons. The van der Waals surface area contributed by atoms with Crippen LogP contribution in [-0.2, 0) is 17.8 Å². The summed E-state index contributed by atoms with van der Waals surface area (Å²) in [6.07, 6.45) is -0.276. The van der Waals surface area contributed by atoms with Crippen LogP contribution in [0.3, 0.4) is 0 Å². The van der Waals surface area contributed by atoms with Crippen LogP contribution in [0.1, 0.15) is 18.2 Å². The molecule has 0 spiro atoms. The zero-order valence-corrected chi connectivity index (χ0v) is 14.6. The van der Waals surface area contributed by atoms with E-state index in [4.69, 9.17) is 18.6 Å². The second kappa shape index (κ2) is 8.20. The Kier molecular flexibility index (Phi) is 5.53. The van der Waals surface area contributed by atoms with Gasteiger partial charge in [0.05, 0.1) is 7.11 Å². The number of aromatic nitrogens is 1. The number of benzene rings is 2. The zero-order chi connectivity index (χ0) is 18.4. The molecule has 6 nitrogen and oxygen atoms in total. The number of carbonyl (C=O) groups is 1. The molecule has 0 unspecified atom stereocenters. The molecule has 2 aromatic carbocycles. The minimum Gasteiger partial charge on any atom is -0.497 e. The van der Waals surface area contributed by atoms with Crippen molar-refractivity contribution < 1.29 is 23.4 Å². The van der Waals surface area contributed by atoms with Crippen molar-refractivity contribution in [3.05, 3.63) is 65.9 Å². The van der Waals surface area contributed by atoms with Gasteiger partial charge in [-0.15, -0.1) is 0 Å². The molecule has 0 saturated carbocycles. The highest BCUT2D eigenvalue weighted by Gasteiger charge is 2.19. The predicted octanol–water partition coefficient (Wildman–Crippen LogP) is 4.63. The van der Waals surface area contributed by atoms with Gasteiger partial charge in [-0.2, -0.15) is 0 Å². The fraction of sp³-hybridized carbons (Fsp3) is 0.200. The van der Waals surface area contributed by atoms with Crippen LogP contribution in [0.15, 0.2) is 59.0 Å². The molecule has 3 aromatic rings. The lowest BCUT2D eigenvalue weighted by Crippen LogP contribution is -2.11. The van der Waals surface area contributed by atoms with Crippen LogP contribution in [0.25, 0.3) is 11.5 Å². The van der Waals surface area contributed by atoms with Gasteiger partial charge in [0, 0.05) is 5.56 Å². The Balaban J connectivity index is 1.68. The number of aryl methyl sites for hydroxylation is 1. The highest BCUT2D eigenvalue weighted by molar-refractivity contribution is 5.64. The molecule has 1 heterocycles. The fourth-order valence-corrected chi connectivity index (χ4v) is 2.32. The summed E-state index contributed by atoms with van der Waals surface area (Å²) in [5.41, 5.74) is 2.18. The van der Waals surface area contributed by atoms with Gasteiger partial charge in [0.25, 0.3) is 0 Å². The van der Waals surface area contributed by atoms with Gasteiger partial charge in [-0.1, -0.05) is 37.3 Å². The van der Waals surface area contributed by atoms with Crippen LogP contribution in [0, 0.1) is 0 Å². The lowest BCUT2D eigenvalue weighted by atomic mass is 10.2. The average molecular weight is 353 g/mol. The first kappa shape index (κ1) is 17.5. The van der Waals surface area contributed by atoms with Crippen molar-refractivity contribution in [3.63, 3.8) is 0 Å². The number of methoxy groups -OCH3 is 1. The Morgan fingerprint density at radius 3 is 2.46 bits per heavy atom. The number of ether oxygens (including phenoxy) is 3. The first-order valence-corrected chi connectivity index (χ1v) is 8.22. The summed E-state index contributed by atoms with van der Waals surface area (Å²) < 4.78 is 21.0. The summed E-state index contributed by atoms with van der Waals surface area (Å²) in [5, 5.41) is 0. The number of hydrogen-bond acceptors (Lipinski definition) is 6. The van der Waals surface area contributed by atoms with E-state index in [0.29, 0.717) is 18.0 Å². The van der Waals surface area contributed by atoms with E-state index in [9.17, 15) is 4.79 Å². The Labute approximate surface area is 151 Å². The number of oxazole rings is 1. The maximum absolute atomic E-state index is 11.9. The maximum Gasteiger partial charge on any atom is 0.516 e. The number of carbonyl (C=O) groups excluding carboxylic acids is 1. The van der Waals surface area contributed by atoms with Crippen molar-refractivity contribution in [2.24, 2.45) is 0 Å². The number of nitrogens with zero attached hydrogens (tertiary/aromatic N) is 1. The molecule has 0 aliphatic carbocycles. The molecule has 0 aliphatic heterocycles. The molecule has 6 heteroatoms. The van der Waals surface area contributed by atoms with E-state index >= 15 is 0 Å². The zero-order valence-electron chi connectivity index (χ0n) is 14.6. The topological polar surface area (TPSA) is 70.8 Å². The van der Waals surface area contributed by atoms with E-state index in [2.05, 4.69) is 4.98 Å². The average Bonchev–Trinajstić information content (AvgIpc) is 3.10. The molecule has 0 aliphatic rings. The molecule has 0 bridgehead atoms. The highest BCUT2D eigenvalue weighted by Crippen LogP contribution is 2.29. The minimum atomic E-state index is -0.832. The van der Waals surface area contributed by atoms with Crippen LogP contribution < -0.4 is 9.47 Å². The molecule has 0 amide bonds. The van der Waals surface area contributed by atoms with Crippen LogP contribution in [-0.4, -0.2) is 18.2 Å². The smallest absolute Gasteiger partial charge is 0.497 e. The van der Waals surface area contributed by atoms with E-state index in [0.717, 1.165) is 16.9 Å². The summed E-state index contributed by atoms with van der Waals surface area (Å²) in [6, 6.07) is 16.6. The van der Waals surface area contributed by atoms with Crippen molar-refractivity contribution in [1.29, 1.82) is 0 Å². The lowest BCUT2D eigenvalue weighted by molar-refractivity contribution is 0.0840. The van der Waals surface area contributed by atoms with E-state index in [1.165, 1.54) is 0 Å². The molecule has 134 valence electrons. The van der Waals surface area contributed by atoms with E-state index in [-0.39, 0.29) is 12.6 Å². The standard InChI is InChI=1S/C20H19NO5/c1-3-17-19(26-20(22)24-13-14-7-5-4-6-8-14)25-18(21-17)15-9-11-16(23-2)12-10-15/h4-12H,3,13H2,1-2H3. The van der Waals surface area contributed by atoms with Gasteiger partial charge in [-0.3, -0.25) is 0 Å². The van der Waals surface area contributed by atoms with Gasteiger partial charge in [0.1, 0.15) is 18.1 Å². The largest absolute Gasteiger partial charge is 0.516 e. The second-order valence-corrected chi connectivity index (χ2v) is 5.46. The molecular weight excluding hydrogens is 334 g/mol.